The average Bonchev–Trinajstić information content (AvgIpc) is 2.73. The van der Waals surface area contributed by atoms with Gasteiger partial charge in [-0.05, 0) is 32.7 Å². The molecular formula is C14H27N3. The third-order valence-electron chi connectivity index (χ3n) is 5.44. The lowest BCUT2D eigenvalue weighted by Gasteiger charge is -2.30. The minimum atomic E-state index is 0.654. The number of fused-ring (bicyclic) bond motifs is 1. The highest BCUT2D eigenvalue weighted by Crippen LogP contribution is 2.62. The van der Waals surface area contributed by atoms with E-state index in [0.717, 1.165) is 18.0 Å². The molecule has 0 bridgehead atoms. The van der Waals surface area contributed by atoms with E-state index in [4.69, 9.17) is 0 Å². The van der Waals surface area contributed by atoms with E-state index in [0.29, 0.717) is 5.41 Å². The Labute approximate surface area is 106 Å². The Morgan fingerprint density at radius 3 is 2.53 bits per heavy atom. The third kappa shape index (κ3) is 1.83. The molecule has 0 radical (unpaired) electrons. The highest BCUT2D eigenvalue weighted by Gasteiger charge is 2.67. The molecule has 2 saturated heterocycles. The van der Waals surface area contributed by atoms with Crippen LogP contribution in [0.2, 0.25) is 0 Å². The molecule has 3 aliphatic rings. The van der Waals surface area contributed by atoms with Crippen LogP contribution in [0.4, 0.5) is 0 Å². The van der Waals surface area contributed by atoms with E-state index >= 15 is 0 Å². The first-order chi connectivity index (χ1) is 8.15. The Bertz CT molecular complexity index is 285. The van der Waals surface area contributed by atoms with Crippen molar-refractivity contribution in [2.45, 2.75) is 39.3 Å². The van der Waals surface area contributed by atoms with Crippen LogP contribution in [0, 0.1) is 11.3 Å². The van der Waals surface area contributed by atoms with Crippen molar-refractivity contribution in [3.05, 3.63) is 0 Å². The molecule has 98 valence electrons. The zero-order chi connectivity index (χ0) is 12.0. The van der Waals surface area contributed by atoms with Crippen LogP contribution in [-0.4, -0.2) is 61.2 Å². The summed E-state index contributed by atoms with van der Waals surface area (Å²) in [6.45, 7) is 14.7. The van der Waals surface area contributed by atoms with E-state index in [1.54, 1.807) is 0 Å². The van der Waals surface area contributed by atoms with E-state index in [2.05, 4.69) is 35.9 Å². The predicted molar refractivity (Wildman–Crippen MR) is 71.2 cm³/mol. The monoisotopic (exact) mass is 237 g/mol. The average molecular weight is 237 g/mol. The number of hydrogen-bond donors (Lipinski definition) is 1. The largest absolute Gasteiger partial charge is 0.314 e. The zero-order valence-electron chi connectivity index (χ0n) is 11.6. The summed E-state index contributed by atoms with van der Waals surface area (Å²) in [5, 5.41) is 3.45. The Kier molecular flexibility index (Phi) is 2.96. The second-order valence-electron chi connectivity index (χ2n) is 6.57. The summed E-state index contributed by atoms with van der Waals surface area (Å²) in [7, 11) is 0. The molecule has 1 N–H and O–H groups in total. The van der Waals surface area contributed by atoms with E-state index in [1.165, 1.54) is 45.7 Å². The van der Waals surface area contributed by atoms with Gasteiger partial charge in [0.1, 0.15) is 0 Å². The molecule has 3 fully saturated rings. The quantitative estimate of drug-likeness (QED) is 0.790. The molecule has 0 spiro atoms. The molecule has 2 heterocycles. The van der Waals surface area contributed by atoms with Crippen LogP contribution < -0.4 is 5.32 Å². The van der Waals surface area contributed by atoms with Gasteiger partial charge in [0.25, 0.3) is 0 Å². The van der Waals surface area contributed by atoms with Crippen LogP contribution in [-0.2, 0) is 0 Å². The van der Waals surface area contributed by atoms with Crippen molar-refractivity contribution in [2.24, 2.45) is 11.3 Å². The van der Waals surface area contributed by atoms with Gasteiger partial charge in [-0.2, -0.15) is 0 Å². The van der Waals surface area contributed by atoms with Gasteiger partial charge in [-0.1, -0.05) is 6.92 Å². The highest BCUT2D eigenvalue weighted by atomic mass is 15.3. The molecule has 1 aliphatic carbocycles. The second-order valence-corrected chi connectivity index (χ2v) is 6.57. The first-order valence-electron chi connectivity index (χ1n) is 7.34. The van der Waals surface area contributed by atoms with Crippen molar-refractivity contribution >= 4 is 0 Å². The topological polar surface area (TPSA) is 18.5 Å². The Balaban J connectivity index is 1.64. The van der Waals surface area contributed by atoms with Crippen molar-refractivity contribution in [3.63, 3.8) is 0 Å². The third-order valence-corrected chi connectivity index (χ3v) is 5.44. The van der Waals surface area contributed by atoms with Gasteiger partial charge in [-0.15, -0.1) is 0 Å². The fourth-order valence-electron chi connectivity index (χ4n) is 4.32. The second kappa shape index (κ2) is 4.22. The zero-order valence-corrected chi connectivity index (χ0v) is 11.6. The Hall–Kier alpha value is -0.120. The van der Waals surface area contributed by atoms with E-state index in [1.807, 2.05) is 0 Å². The number of nitrogens with zero attached hydrogens (tertiary/aromatic N) is 2. The Morgan fingerprint density at radius 2 is 1.94 bits per heavy atom. The van der Waals surface area contributed by atoms with E-state index in [9.17, 15) is 0 Å². The fraction of sp³-hybridized carbons (Fsp3) is 1.00. The van der Waals surface area contributed by atoms with Gasteiger partial charge in [0.05, 0.1) is 0 Å². The summed E-state index contributed by atoms with van der Waals surface area (Å²) in [4.78, 5) is 5.43. The summed E-state index contributed by atoms with van der Waals surface area (Å²) in [5.41, 5.74) is 0.654. The summed E-state index contributed by atoms with van der Waals surface area (Å²) < 4.78 is 0. The fourth-order valence-corrected chi connectivity index (χ4v) is 4.32. The lowest BCUT2D eigenvalue weighted by Crippen LogP contribution is -2.46. The van der Waals surface area contributed by atoms with E-state index < -0.39 is 0 Å². The molecule has 0 aromatic rings. The van der Waals surface area contributed by atoms with Gasteiger partial charge in [-0.25, -0.2) is 0 Å². The number of piperidine rings is 1. The Morgan fingerprint density at radius 1 is 1.24 bits per heavy atom. The minimum absolute atomic E-state index is 0.654. The molecule has 1 unspecified atom stereocenters. The summed E-state index contributed by atoms with van der Waals surface area (Å²) >= 11 is 0. The maximum Gasteiger partial charge on any atom is 0.0202 e. The summed E-state index contributed by atoms with van der Waals surface area (Å²) in [6, 6.07) is 1.62. The molecule has 1 saturated carbocycles. The number of piperazine rings is 1. The molecule has 0 aromatic heterocycles. The predicted octanol–water partition coefficient (Wildman–Crippen LogP) is 1.01. The molecule has 3 atom stereocenters. The molecule has 3 nitrogen and oxygen atoms in total. The number of hydrogen-bond acceptors (Lipinski definition) is 3. The number of likely N-dealkylation sites (tertiary alicyclic amines) is 1. The van der Waals surface area contributed by atoms with Crippen LogP contribution in [0.1, 0.15) is 27.2 Å². The van der Waals surface area contributed by atoms with Crippen molar-refractivity contribution in [2.75, 3.05) is 39.3 Å². The van der Waals surface area contributed by atoms with Gasteiger partial charge in [0.15, 0.2) is 0 Å². The molecule has 2 aliphatic heterocycles. The van der Waals surface area contributed by atoms with Gasteiger partial charge in [0.2, 0.25) is 0 Å². The first-order valence-corrected chi connectivity index (χ1v) is 7.34. The standard InChI is InChI=1S/C14H27N3/c1-11(2)17-7-4-14(12(3)13(14)17)10-16-8-5-15-6-9-16/h11-13,15H,4-10H2,1-3H3/t12?,13-,14-/m1/s1. The SMILES string of the molecule is CC(C)N1CC[C@@]2(CN3CCNCC3)C(C)[C@@H]12. The summed E-state index contributed by atoms with van der Waals surface area (Å²) in [6.07, 6.45) is 1.43. The molecule has 17 heavy (non-hydrogen) atoms. The van der Waals surface area contributed by atoms with Gasteiger partial charge in [0, 0.05) is 50.2 Å². The van der Waals surface area contributed by atoms with Gasteiger partial charge in [-0.3, -0.25) is 4.90 Å². The molecule has 0 amide bonds. The number of nitrogens with one attached hydrogen (secondary N) is 1. The van der Waals surface area contributed by atoms with Crippen molar-refractivity contribution in [3.8, 4) is 0 Å². The van der Waals surface area contributed by atoms with Crippen LogP contribution in [0.3, 0.4) is 0 Å². The van der Waals surface area contributed by atoms with Gasteiger partial charge >= 0.3 is 0 Å². The smallest absolute Gasteiger partial charge is 0.0202 e. The molecule has 0 aromatic carbocycles. The van der Waals surface area contributed by atoms with Crippen LogP contribution >= 0.6 is 0 Å². The molecule has 3 rings (SSSR count). The van der Waals surface area contributed by atoms with E-state index in [-0.39, 0.29) is 0 Å². The molecule has 3 heteroatoms. The first kappa shape index (κ1) is 11.9. The lowest BCUT2D eigenvalue weighted by molar-refractivity contribution is 0.188. The normalized spacial score (nSPS) is 43.1. The van der Waals surface area contributed by atoms with Gasteiger partial charge < -0.3 is 10.2 Å². The maximum absolute atomic E-state index is 3.45. The minimum Gasteiger partial charge on any atom is -0.314 e. The van der Waals surface area contributed by atoms with Crippen LogP contribution in [0.15, 0.2) is 0 Å². The van der Waals surface area contributed by atoms with Crippen molar-refractivity contribution < 1.29 is 0 Å². The maximum atomic E-state index is 3.45. The number of rotatable bonds is 3. The van der Waals surface area contributed by atoms with Crippen molar-refractivity contribution in [1.29, 1.82) is 0 Å². The van der Waals surface area contributed by atoms with Crippen LogP contribution in [0.5, 0.6) is 0 Å². The van der Waals surface area contributed by atoms with Crippen molar-refractivity contribution in [1.82, 2.24) is 15.1 Å². The lowest BCUT2D eigenvalue weighted by atomic mass is 9.99. The van der Waals surface area contributed by atoms with Crippen LogP contribution in [0.25, 0.3) is 0 Å². The summed E-state index contributed by atoms with van der Waals surface area (Å²) in [5.74, 6) is 0.925. The highest BCUT2D eigenvalue weighted by molar-refractivity contribution is 5.20. The molecular weight excluding hydrogens is 210 g/mol.